The molecule has 0 unspecified atom stereocenters. The SMILES string of the molecule is Nc1cc(I)ccc1Sc1nc2ccccc2s1. The first kappa shape index (κ1) is 12.3. The summed E-state index contributed by atoms with van der Waals surface area (Å²) in [6.45, 7) is 0. The topological polar surface area (TPSA) is 38.9 Å². The van der Waals surface area contributed by atoms with Crippen molar-refractivity contribution in [1.29, 1.82) is 0 Å². The van der Waals surface area contributed by atoms with Crippen LogP contribution in [-0.2, 0) is 0 Å². The van der Waals surface area contributed by atoms with Gasteiger partial charge in [-0.2, -0.15) is 0 Å². The third kappa shape index (κ3) is 2.48. The largest absolute Gasteiger partial charge is 0.398 e. The van der Waals surface area contributed by atoms with Gasteiger partial charge in [0.25, 0.3) is 0 Å². The predicted molar refractivity (Wildman–Crippen MR) is 87.3 cm³/mol. The lowest BCUT2D eigenvalue weighted by molar-refractivity contribution is 1.29. The highest BCUT2D eigenvalue weighted by atomic mass is 127. The Morgan fingerprint density at radius 1 is 1.17 bits per heavy atom. The van der Waals surface area contributed by atoms with Gasteiger partial charge in [-0.3, -0.25) is 0 Å². The smallest absolute Gasteiger partial charge is 0.155 e. The number of para-hydroxylation sites is 1. The summed E-state index contributed by atoms with van der Waals surface area (Å²) in [7, 11) is 0. The highest BCUT2D eigenvalue weighted by Crippen LogP contribution is 2.37. The van der Waals surface area contributed by atoms with Crippen LogP contribution in [0.4, 0.5) is 5.69 Å². The fourth-order valence-corrected chi connectivity index (χ4v) is 4.16. The van der Waals surface area contributed by atoms with Gasteiger partial charge in [0, 0.05) is 14.2 Å². The van der Waals surface area contributed by atoms with E-state index >= 15 is 0 Å². The van der Waals surface area contributed by atoms with Crippen LogP contribution < -0.4 is 5.73 Å². The molecule has 90 valence electrons. The van der Waals surface area contributed by atoms with Gasteiger partial charge in [0.15, 0.2) is 4.34 Å². The third-order valence-corrected chi connectivity index (χ3v) is 5.30. The van der Waals surface area contributed by atoms with Crippen molar-refractivity contribution in [1.82, 2.24) is 4.98 Å². The van der Waals surface area contributed by atoms with Gasteiger partial charge in [0.05, 0.1) is 10.2 Å². The van der Waals surface area contributed by atoms with Crippen molar-refractivity contribution in [3.05, 3.63) is 46.0 Å². The maximum Gasteiger partial charge on any atom is 0.155 e. The molecule has 2 N–H and O–H groups in total. The zero-order valence-electron chi connectivity index (χ0n) is 9.26. The van der Waals surface area contributed by atoms with Gasteiger partial charge >= 0.3 is 0 Å². The number of halogens is 1. The lowest BCUT2D eigenvalue weighted by Crippen LogP contribution is -1.88. The first-order valence-electron chi connectivity index (χ1n) is 5.31. The molecule has 0 spiro atoms. The Balaban J connectivity index is 1.96. The van der Waals surface area contributed by atoms with E-state index in [1.165, 1.54) is 4.70 Å². The molecular weight excluding hydrogens is 375 g/mol. The molecule has 3 rings (SSSR count). The van der Waals surface area contributed by atoms with E-state index in [0.29, 0.717) is 0 Å². The summed E-state index contributed by atoms with van der Waals surface area (Å²) in [5, 5.41) is 0. The lowest BCUT2D eigenvalue weighted by atomic mass is 10.3. The quantitative estimate of drug-likeness (QED) is 0.517. The average molecular weight is 384 g/mol. The van der Waals surface area contributed by atoms with Crippen LogP contribution in [0.5, 0.6) is 0 Å². The van der Waals surface area contributed by atoms with Gasteiger partial charge in [-0.15, -0.1) is 11.3 Å². The maximum atomic E-state index is 6.01. The van der Waals surface area contributed by atoms with E-state index in [9.17, 15) is 0 Å². The normalized spacial score (nSPS) is 10.9. The minimum absolute atomic E-state index is 0.811. The van der Waals surface area contributed by atoms with Crippen LogP contribution >= 0.6 is 45.7 Å². The van der Waals surface area contributed by atoms with Gasteiger partial charge in [0.2, 0.25) is 0 Å². The van der Waals surface area contributed by atoms with Gasteiger partial charge in [-0.05, 0) is 52.9 Å². The fourth-order valence-electron chi connectivity index (χ4n) is 1.60. The predicted octanol–water partition coefficient (Wildman–Crippen LogP) is 4.63. The van der Waals surface area contributed by atoms with Crippen LogP contribution in [0.3, 0.4) is 0 Å². The monoisotopic (exact) mass is 384 g/mol. The van der Waals surface area contributed by atoms with Crippen molar-refractivity contribution in [2.24, 2.45) is 0 Å². The molecule has 0 fully saturated rings. The van der Waals surface area contributed by atoms with Crippen LogP contribution in [0.1, 0.15) is 0 Å². The van der Waals surface area contributed by atoms with Crippen LogP contribution in [0.15, 0.2) is 51.7 Å². The first-order valence-corrected chi connectivity index (χ1v) is 8.02. The van der Waals surface area contributed by atoms with Crippen molar-refractivity contribution in [2.45, 2.75) is 9.24 Å². The highest BCUT2D eigenvalue weighted by molar-refractivity contribution is 14.1. The van der Waals surface area contributed by atoms with E-state index in [2.05, 4.69) is 39.7 Å². The summed E-state index contributed by atoms with van der Waals surface area (Å²) in [4.78, 5) is 5.66. The van der Waals surface area contributed by atoms with E-state index in [-0.39, 0.29) is 0 Å². The molecule has 18 heavy (non-hydrogen) atoms. The van der Waals surface area contributed by atoms with Crippen LogP contribution in [0, 0.1) is 3.57 Å². The number of thiazole rings is 1. The van der Waals surface area contributed by atoms with E-state index in [4.69, 9.17) is 5.73 Å². The number of nitrogen functional groups attached to an aromatic ring is 1. The summed E-state index contributed by atoms with van der Waals surface area (Å²) < 4.78 is 3.40. The van der Waals surface area contributed by atoms with E-state index in [0.717, 1.165) is 24.0 Å². The molecule has 1 heterocycles. The molecule has 0 saturated heterocycles. The Kier molecular flexibility index (Phi) is 3.45. The number of anilines is 1. The molecule has 0 bridgehead atoms. The molecule has 1 aromatic heterocycles. The summed E-state index contributed by atoms with van der Waals surface area (Å²) in [5.74, 6) is 0. The number of fused-ring (bicyclic) bond motifs is 1. The number of aromatic nitrogens is 1. The van der Waals surface area contributed by atoms with E-state index < -0.39 is 0 Å². The second kappa shape index (κ2) is 5.07. The molecule has 0 aliphatic heterocycles. The zero-order chi connectivity index (χ0) is 12.5. The van der Waals surface area contributed by atoms with E-state index in [1.807, 2.05) is 30.3 Å². The van der Waals surface area contributed by atoms with Crippen LogP contribution in [0.2, 0.25) is 0 Å². The van der Waals surface area contributed by atoms with Crippen LogP contribution in [0.25, 0.3) is 10.2 Å². The van der Waals surface area contributed by atoms with E-state index in [1.54, 1.807) is 23.1 Å². The van der Waals surface area contributed by atoms with Gasteiger partial charge < -0.3 is 5.73 Å². The molecule has 0 atom stereocenters. The molecule has 3 aromatic rings. The Labute approximate surface area is 127 Å². The standard InChI is InChI=1S/C13H9IN2S2/c14-8-5-6-11(9(15)7-8)17-13-16-10-3-1-2-4-12(10)18-13/h1-7H,15H2. The summed E-state index contributed by atoms with van der Waals surface area (Å²) in [6.07, 6.45) is 0. The Morgan fingerprint density at radius 3 is 2.78 bits per heavy atom. The first-order chi connectivity index (χ1) is 8.72. The number of nitrogens with two attached hydrogens (primary N) is 1. The van der Waals surface area contributed by atoms with Gasteiger partial charge in [-0.25, -0.2) is 4.98 Å². The number of nitrogens with zero attached hydrogens (tertiary/aromatic N) is 1. The van der Waals surface area contributed by atoms with Gasteiger partial charge in [0.1, 0.15) is 0 Å². The molecule has 2 nitrogen and oxygen atoms in total. The van der Waals surface area contributed by atoms with Gasteiger partial charge in [-0.1, -0.05) is 23.9 Å². The third-order valence-electron chi connectivity index (χ3n) is 2.44. The Hall–Kier alpha value is -0.790. The molecule has 0 amide bonds. The van der Waals surface area contributed by atoms with Crippen molar-refractivity contribution in [2.75, 3.05) is 5.73 Å². The van der Waals surface area contributed by atoms with Crippen molar-refractivity contribution < 1.29 is 0 Å². The molecule has 0 aliphatic rings. The number of hydrogen-bond acceptors (Lipinski definition) is 4. The molecule has 0 radical (unpaired) electrons. The summed E-state index contributed by atoms with van der Waals surface area (Å²) >= 11 is 5.59. The second-order valence-corrected chi connectivity index (χ2v) is 7.30. The Morgan fingerprint density at radius 2 is 2.00 bits per heavy atom. The van der Waals surface area contributed by atoms with Crippen LogP contribution in [-0.4, -0.2) is 4.98 Å². The number of benzene rings is 2. The summed E-state index contributed by atoms with van der Waals surface area (Å²) in [6, 6.07) is 14.3. The minimum atomic E-state index is 0.811. The summed E-state index contributed by atoms with van der Waals surface area (Å²) in [5.41, 5.74) is 7.88. The second-order valence-electron chi connectivity index (χ2n) is 3.73. The molecule has 0 saturated carbocycles. The highest BCUT2D eigenvalue weighted by Gasteiger charge is 2.07. The number of hydrogen-bond donors (Lipinski definition) is 1. The Bertz CT molecular complexity index is 676. The molecule has 2 aromatic carbocycles. The van der Waals surface area contributed by atoms with Crippen molar-refractivity contribution >= 4 is 61.6 Å². The molecular formula is C13H9IN2S2. The zero-order valence-corrected chi connectivity index (χ0v) is 13.1. The number of rotatable bonds is 2. The fraction of sp³-hybridized carbons (Fsp3) is 0. The minimum Gasteiger partial charge on any atom is -0.398 e. The van der Waals surface area contributed by atoms with Crippen molar-refractivity contribution in [3.8, 4) is 0 Å². The van der Waals surface area contributed by atoms with Crippen molar-refractivity contribution in [3.63, 3.8) is 0 Å². The molecule has 0 aliphatic carbocycles. The lowest BCUT2D eigenvalue weighted by Gasteiger charge is -2.02. The molecule has 5 heteroatoms. The average Bonchev–Trinajstić information content (AvgIpc) is 2.75. The maximum absolute atomic E-state index is 6.01.